The molecule has 9 rings (SSSR count). The quantitative estimate of drug-likeness (QED) is 0.167. The molecule has 1 heteroatoms. The minimum absolute atomic E-state index is 1.11. The van der Waals surface area contributed by atoms with Crippen molar-refractivity contribution in [3.8, 4) is 33.4 Å². The van der Waals surface area contributed by atoms with Crippen molar-refractivity contribution in [2.24, 2.45) is 0 Å². The third kappa shape index (κ3) is 5.42. The van der Waals surface area contributed by atoms with Gasteiger partial charge in [0.25, 0.3) is 0 Å². The first-order valence-corrected chi connectivity index (χ1v) is 16.8. The SMILES string of the molecule is c1ccc(-c2ccc(N(c3cccc(-c4cccc(-c5cccc6ccccc56)c4)c3)c3ccc4c(ccc5ccccc54)c3)cc2)cc1. The zero-order valence-electron chi connectivity index (χ0n) is 27.0. The molecule has 0 fully saturated rings. The van der Waals surface area contributed by atoms with Gasteiger partial charge >= 0.3 is 0 Å². The van der Waals surface area contributed by atoms with E-state index < -0.39 is 0 Å². The smallest absolute Gasteiger partial charge is 0.0468 e. The Bertz CT molecular complexity index is 2590. The molecular formula is C48H33N. The van der Waals surface area contributed by atoms with Gasteiger partial charge in [0.2, 0.25) is 0 Å². The van der Waals surface area contributed by atoms with Crippen molar-refractivity contribution >= 4 is 49.4 Å². The Morgan fingerprint density at radius 2 is 0.776 bits per heavy atom. The van der Waals surface area contributed by atoms with Gasteiger partial charge in [-0.15, -0.1) is 0 Å². The molecule has 0 saturated heterocycles. The molecule has 0 saturated carbocycles. The summed E-state index contributed by atoms with van der Waals surface area (Å²) >= 11 is 0. The first-order chi connectivity index (χ1) is 24.3. The van der Waals surface area contributed by atoms with E-state index in [1.807, 2.05) is 0 Å². The van der Waals surface area contributed by atoms with Gasteiger partial charge in [-0.05, 0) is 108 Å². The summed E-state index contributed by atoms with van der Waals surface area (Å²) in [7, 11) is 0. The van der Waals surface area contributed by atoms with Gasteiger partial charge in [0.15, 0.2) is 0 Å². The van der Waals surface area contributed by atoms with Gasteiger partial charge in [-0.25, -0.2) is 0 Å². The third-order valence-electron chi connectivity index (χ3n) is 9.62. The first-order valence-electron chi connectivity index (χ1n) is 16.8. The Kier molecular flexibility index (Phi) is 7.22. The predicted molar refractivity (Wildman–Crippen MR) is 210 cm³/mol. The second-order valence-corrected chi connectivity index (χ2v) is 12.6. The Balaban J connectivity index is 1.16. The molecule has 0 unspecified atom stereocenters. The summed E-state index contributed by atoms with van der Waals surface area (Å²) < 4.78 is 0. The Morgan fingerprint density at radius 3 is 1.61 bits per heavy atom. The monoisotopic (exact) mass is 623 g/mol. The number of hydrogen-bond donors (Lipinski definition) is 0. The van der Waals surface area contributed by atoms with Crippen molar-refractivity contribution in [1.29, 1.82) is 0 Å². The fourth-order valence-electron chi connectivity index (χ4n) is 7.19. The molecule has 0 aliphatic heterocycles. The third-order valence-corrected chi connectivity index (χ3v) is 9.62. The molecule has 1 nitrogen and oxygen atoms in total. The minimum atomic E-state index is 1.11. The van der Waals surface area contributed by atoms with E-state index in [0.29, 0.717) is 0 Å². The van der Waals surface area contributed by atoms with Crippen LogP contribution in [0, 0.1) is 0 Å². The number of hydrogen-bond acceptors (Lipinski definition) is 1. The average Bonchev–Trinajstić information content (AvgIpc) is 3.18. The van der Waals surface area contributed by atoms with Crippen LogP contribution in [0.3, 0.4) is 0 Å². The number of benzene rings is 9. The lowest BCUT2D eigenvalue weighted by molar-refractivity contribution is 1.29. The van der Waals surface area contributed by atoms with Crippen molar-refractivity contribution < 1.29 is 0 Å². The van der Waals surface area contributed by atoms with E-state index in [4.69, 9.17) is 0 Å². The van der Waals surface area contributed by atoms with Crippen LogP contribution < -0.4 is 4.90 Å². The molecule has 0 aliphatic rings. The molecule has 0 N–H and O–H groups in total. The molecule has 9 aromatic carbocycles. The summed E-state index contributed by atoms with van der Waals surface area (Å²) in [5.74, 6) is 0. The van der Waals surface area contributed by atoms with Crippen molar-refractivity contribution in [1.82, 2.24) is 0 Å². The molecule has 0 bridgehead atoms. The van der Waals surface area contributed by atoms with E-state index in [-0.39, 0.29) is 0 Å². The normalized spacial score (nSPS) is 11.3. The standard InChI is InChI=1S/C48H33N/c1-2-11-34(12-3-1)35-25-27-42(28-26-35)49(44-29-30-48-41(33-44)24-23-37-14-5-7-21-46(37)48)43-19-9-17-39(32-43)38-16-8-18-40(31-38)47-22-10-15-36-13-4-6-20-45(36)47/h1-33H. The van der Waals surface area contributed by atoms with E-state index in [1.54, 1.807) is 0 Å². The first kappa shape index (κ1) is 28.8. The zero-order valence-corrected chi connectivity index (χ0v) is 27.0. The van der Waals surface area contributed by atoms with Crippen molar-refractivity contribution in [3.05, 3.63) is 200 Å². The van der Waals surface area contributed by atoms with Crippen molar-refractivity contribution in [3.63, 3.8) is 0 Å². The van der Waals surface area contributed by atoms with E-state index in [9.17, 15) is 0 Å². The lowest BCUT2D eigenvalue weighted by Gasteiger charge is -2.27. The van der Waals surface area contributed by atoms with Crippen molar-refractivity contribution in [2.45, 2.75) is 0 Å². The maximum atomic E-state index is 2.38. The summed E-state index contributed by atoms with van der Waals surface area (Å²) in [6.07, 6.45) is 0. The van der Waals surface area contributed by atoms with Gasteiger partial charge in [0, 0.05) is 17.1 Å². The molecule has 0 spiro atoms. The van der Waals surface area contributed by atoms with Crippen LogP contribution in [0.2, 0.25) is 0 Å². The van der Waals surface area contributed by atoms with Gasteiger partial charge < -0.3 is 4.90 Å². The summed E-state index contributed by atoms with van der Waals surface area (Å²) in [6.45, 7) is 0. The molecule has 0 atom stereocenters. The average molecular weight is 624 g/mol. The summed E-state index contributed by atoms with van der Waals surface area (Å²) in [5, 5.41) is 7.55. The van der Waals surface area contributed by atoms with Crippen LogP contribution in [0.1, 0.15) is 0 Å². The van der Waals surface area contributed by atoms with Crippen molar-refractivity contribution in [2.75, 3.05) is 4.90 Å². The molecule has 9 aromatic rings. The van der Waals surface area contributed by atoms with Gasteiger partial charge in [-0.3, -0.25) is 0 Å². The summed E-state index contributed by atoms with van der Waals surface area (Å²) in [5.41, 5.74) is 10.6. The molecule has 49 heavy (non-hydrogen) atoms. The predicted octanol–water partition coefficient (Wildman–Crippen LogP) is 13.6. The zero-order chi connectivity index (χ0) is 32.6. The van der Waals surface area contributed by atoms with Crippen LogP contribution in [0.15, 0.2) is 200 Å². The molecule has 0 radical (unpaired) electrons. The maximum Gasteiger partial charge on any atom is 0.0468 e. The van der Waals surface area contributed by atoms with Gasteiger partial charge in [0.1, 0.15) is 0 Å². The van der Waals surface area contributed by atoms with Crippen LogP contribution >= 0.6 is 0 Å². The highest BCUT2D eigenvalue weighted by atomic mass is 15.1. The van der Waals surface area contributed by atoms with Crippen LogP contribution in [-0.4, -0.2) is 0 Å². The molecule has 0 aliphatic carbocycles. The van der Waals surface area contributed by atoms with E-state index in [1.165, 1.54) is 65.7 Å². The molecule has 0 aromatic heterocycles. The summed E-state index contributed by atoms with van der Waals surface area (Å²) in [6, 6.07) is 72.5. The van der Waals surface area contributed by atoms with Gasteiger partial charge in [0.05, 0.1) is 0 Å². The Labute approximate surface area is 287 Å². The van der Waals surface area contributed by atoms with Crippen LogP contribution in [0.5, 0.6) is 0 Å². The Morgan fingerprint density at radius 1 is 0.245 bits per heavy atom. The van der Waals surface area contributed by atoms with E-state index in [0.717, 1.165) is 17.1 Å². The number of anilines is 3. The molecule has 0 amide bonds. The Hall–Kier alpha value is -6.44. The van der Waals surface area contributed by atoms with Gasteiger partial charge in [-0.2, -0.15) is 0 Å². The second-order valence-electron chi connectivity index (χ2n) is 12.6. The maximum absolute atomic E-state index is 2.38. The molecule has 230 valence electrons. The van der Waals surface area contributed by atoms with Gasteiger partial charge in [-0.1, -0.05) is 158 Å². The minimum Gasteiger partial charge on any atom is -0.310 e. The topological polar surface area (TPSA) is 3.24 Å². The van der Waals surface area contributed by atoms with E-state index in [2.05, 4.69) is 205 Å². The fraction of sp³-hybridized carbons (Fsp3) is 0. The summed E-state index contributed by atoms with van der Waals surface area (Å²) in [4.78, 5) is 2.38. The van der Waals surface area contributed by atoms with Crippen LogP contribution in [0.4, 0.5) is 17.1 Å². The van der Waals surface area contributed by atoms with E-state index >= 15 is 0 Å². The number of rotatable bonds is 6. The fourth-order valence-corrected chi connectivity index (χ4v) is 7.19. The lowest BCUT2D eigenvalue weighted by Crippen LogP contribution is -2.10. The largest absolute Gasteiger partial charge is 0.310 e. The van der Waals surface area contributed by atoms with Crippen LogP contribution in [0.25, 0.3) is 65.7 Å². The van der Waals surface area contributed by atoms with Crippen LogP contribution in [-0.2, 0) is 0 Å². The highest BCUT2D eigenvalue weighted by Crippen LogP contribution is 2.40. The second kappa shape index (κ2) is 12.3. The molecular weight excluding hydrogens is 591 g/mol. The highest BCUT2D eigenvalue weighted by molar-refractivity contribution is 6.08. The molecule has 0 heterocycles. The number of nitrogens with zero attached hydrogens (tertiary/aromatic N) is 1. The number of fused-ring (bicyclic) bond motifs is 4. The lowest BCUT2D eigenvalue weighted by atomic mass is 9.95. The highest BCUT2D eigenvalue weighted by Gasteiger charge is 2.16.